The molecule has 7 heteroatoms. The van der Waals surface area contributed by atoms with E-state index < -0.39 is 16.6 Å². The normalized spacial score (nSPS) is 11.9. The van der Waals surface area contributed by atoms with Crippen molar-refractivity contribution in [3.05, 3.63) is 17.5 Å². The van der Waals surface area contributed by atoms with Crippen molar-refractivity contribution in [2.75, 3.05) is 12.4 Å². The molecule has 0 aliphatic rings. The second kappa shape index (κ2) is 4.54. The summed E-state index contributed by atoms with van der Waals surface area (Å²) in [5, 5.41) is 12.1. The highest BCUT2D eigenvalue weighted by Gasteiger charge is 2.09. The first kappa shape index (κ1) is 11.2. The second-order valence-electron chi connectivity index (χ2n) is 2.79. The first-order chi connectivity index (χ1) is 6.53. The Labute approximate surface area is 82.0 Å². The van der Waals surface area contributed by atoms with Gasteiger partial charge >= 0.3 is 0 Å². The Balaban J connectivity index is 2.48. The van der Waals surface area contributed by atoms with Crippen molar-refractivity contribution in [1.82, 2.24) is 9.88 Å². The largest absolute Gasteiger partial charge is 0.395 e. The molecule has 1 heterocycles. The fraction of sp³-hybridized carbons (Fsp3) is 0.571. The van der Waals surface area contributed by atoms with Gasteiger partial charge in [-0.05, 0) is 6.92 Å². The number of aryl methyl sites for hydroxylation is 1. The Bertz CT molecular complexity index is 384. The monoisotopic (exact) mass is 220 g/mol. The molecule has 1 rings (SSSR count). The summed E-state index contributed by atoms with van der Waals surface area (Å²) in [5.74, 6) is 0.325. The molecule has 0 saturated heterocycles. The lowest BCUT2D eigenvalue weighted by atomic mass is 10.4. The average molecular weight is 220 g/mol. The SMILES string of the molecule is Cc1cc(CNS(=O)(=O)CCO)no1. The zero-order valence-electron chi connectivity index (χ0n) is 7.73. The lowest BCUT2D eigenvalue weighted by Crippen LogP contribution is -2.27. The van der Waals surface area contributed by atoms with E-state index in [4.69, 9.17) is 9.63 Å². The van der Waals surface area contributed by atoms with Gasteiger partial charge in [-0.15, -0.1) is 0 Å². The maximum atomic E-state index is 11.1. The van der Waals surface area contributed by atoms with Crippen molar-refractivity contribution < 1.29 is 18.0 Å². The number of nitrogens with zero attached hydrogens (tertiary/aromatic N) is 1. The Kier molecular flexibility index (Phi) is 3.62. The Morgan fingerprint density at radius 1 is 1.64 bits per heavy atom. The van der Waals surface area contributed by atoms with Crippen LogP contribution in [0.3, 0.4) is 0 Å². The first-order valence-electron chi connectivity index (χ1n) is 4.04. The number of aromatic nitrogens is 1. The van der Waals surface area contributed by atoms with Gasteiger partial charge < -0.3 is 9.63 Å². The number of hydrogen-bond acceptors (Lipinski definition) is 5. The van der Waals surface area contributed by atoms with E-state index >= 15 is 0 Å². The van der Waals surface area contributed by atoms with Crippen molar-refractivity contribution in [1.29, 1.82) is 0 Å². The van der Waals surface area contributed by atoms with Gasteiger partial charge in [-0.3, -0.25) is 0 Å². The van der Waals surface area contributed by atoms with Crippen molar-refractivity contribution >= 4 is 10.0 Å². The number of hydrogen-bond donors (Lipinski definition) is 2. The molecule has 0 spiro atoms. The summed E-state index contributed by atoms with van der Waals surface area (Å²) in [4.78, 5) is 0. The predicted octanol–water partition coefficient (Wildman–Crippen LogP) is -0.605. The maximum Gasteiger partial charge on any atom is 0.214 e. The fourth-order valence-corrected chi connectivity index (χ4v) is 1.63. The molecule has 1 aromatic heterocycles. The van der Waals surface area contributed by atoms with Gasteiger partial charge in [-0.25, -0.2) is 13.1 Å². The van der Waals surface area contributed by atoms with Crippen LogP contribution < -0.4 is 4.72 Å². The molecule has 0 saturated carbocycles. The molecule has 0 aliphatic heterocycles. The van der Waals surface area contributed by atoms with Gasteiger partial charge in [0.05, 0.1) is 24.6 Å². The minimum Gasteiger partial charge on any atom is -0.395 e. The number of nitrogens with one attached hydrogen (secondary N) is 1. The summed E-state index contributed by atoms with van der Waals surface area (Å²) in [6.45, 7) is 1.41. The summed E-state index contributed by atoms with van der Waals surface area (Å²) in [6.07, 6.45) is 0. The van der Waals surface area contributed by atoms with Crippen LogP contribution in [0.25, 0.3) is 0 Å². The van der Waals surface area contributed by atoms with Crippen LogP contribution in [-0.2, 0) is 16.6 Å². The smallest absolute Gasteiger partial charge is 0.214 e. The molecule has 0 atom stereocenters. The summed E-state index contributed by atoms with van der Waals surface area (Å²) in [7, 11) is -3.40. The first-order valence-corrected chi connectivity index (χ1v) is 5.69. The second-order valence-corrected chi connectivity index (χ2v) is 4.72. The van der Waals surface area contributed by atoms with E-state index in [1.807, 2.05) is 0 Å². The van der Waals surface area contributed by atoms with Gasteiger partial charge in [0.25, 0.3) is 0 Å². The lowest BCUT2D eigenvalue weighted by Gasteiger charge is -2.01. The van der Waals surface area contributed by atoms with Gasteiger partial charge in [-0.2, -0.15) is 0 Å². The quantitative estimate of drug-likeness (QED) is 0.691. The molecule has 80 valence electrons. The van der Waals surface area contributed by atoms with E-state index in [0.29, 0.717) is 11.5 Å². The van der Waals surface area contributed by atoms with E-state index in [1.165, 1.54) is 0 Å². The molecule has 0 aromatic carbocycles. The van der Waals surface area contributed by atoms with E-state index in [9.17, 15) is 8.42 Å². The number of aliphatic hydroxyl groups excluding tert-OH is 1. The third-order valence-electron chi connectivity index (χ3n) is 1.51. The zero-order valence-corrected chi connectivity index (χ0v) is 8.54. The fourth-order valence-electron chi connectivity index (χ4n) is 0.878. The topological polar surface area (TPSA) is 92.4 Å². The Morgan fingerprint density at radius 3 is 2.86 bits per heavy atom. The summed E-state index contributed by atoms with van der Waals surface area (Å²) in [5.41, 5.74) is 0.518. The molecule has 0 radical (unpaired) electrons. The molecule has 0 fully saturated rings. The third-order valence-corrected chi connectivity index (χ3v) is 2.81. The molecule has 0 aliphatic carbocycles. The standard InChI is InChI=1S/C7H12N2O4S/c1-6-4-7(9-13-6)5-8-14(11,12)3-2-10/h4,8,10H,2-3,5H2,1H3. The van der Waals surface area contributed by atoms with Crippen molar-refractivity contribution in [3.8, 4) is 0 Å². The summed E-state index contributed by atoms with van der Waals surface area (Å²) in [6, 6.07) is 1.64. The van der Waals surface area contributed by atoms with Gasteiger partial charge in [0.1, 0.15) is 5.76 Å². The van der Waals surface area contributed by atoms with Crippen LogP contribution in [0, 0.1) is 6.92 Å². The average Bonchev–Trinajstić information content (AvgIpc) is 2.48. The van der Waals surface area contributed by atoms with Crippen LogP contribution in [0.4, 0.5) is 0 Å². The van der Waals surface area contributed by atoms with E-state index in [0.717, 1.165) is 0 Å². The van der Waals surface area contributed by atoms with Crippen LogP contribution in [0.1, 0.15) is 11.5 Å². The molecular weight excluding hydrogens is 208 g/mol. The van der Waals surface area contributed by atoms with Gasteiger partial charge in [0.15, 0.2) is 0 Å². The van der Waals surface area contributed by atoms with Crippen LogP contribution >= 0.6 is 0 Å². The van der Waals surface area contributed by atoms with E-state index in [-0.39, 0.29) is 12.3 Å². The minimum atomic E-state index is -3.40. The van der Waals surface area contributed by atoms with Gasteiger partial charge in [-0.1, -0.05) is 5.16 Å². The van der Waals surface area contributed by atoms with Crippen LogP contribution in [0.2, 0.25) is 0 Å². The summed E-state index contributed by atoms with van der Waals surface area (Å²) < 4.78 is 29.2. The minimum absolute atomic E-state index is 0.0830. The van der Waals surface area contributed by atoms with Gasteiger partial charge in [0, 0.05) is 6.07 Å². The Hall–Kier alpha value is -0.920. The van der Waals surface area contributed by atoms with Crippen LogP contribution in [-0.4, -0.2) is 31.0 Å². The van der Waals surface area contributed by atoms with Crippen LogP contribution in [0.15, 0.2) is 10.6 Å². The molecule has 0 bridgehead atoms. The highest BCUT2D eigenvalue weighted by Crippen LogP contribution is 2.01. The summed E-state index contributed by atoms with van der Waals surface area (Å²) >= 11 is 0. The maximum absolute atomic E-state index is 11.1. The number of sulfonamides is 1. The molecular formula is C7H12N2O4S. The van der Waals surface area contributed by atoms with Crippen molar-refractivity contribution in [2.24, 2.45) is 0 Å². The number of rotatable bonds is 5. The lowest BCUT2D eigenvalue weighted by molar-refractivity contribution is 0.319. The van der Waals surface area contributed by atoms with E-state index in [1.54, 1.807) is 13.0 Å². The Morgan fingerprint density at radius 2 is 2.36 bits per heavy atom. The van der Waals surface area contributed by atoms with Crippen LogP contribution in [0.5, 0.6) is 0 Å². The molecule has 14 heavy (non-hydrogen) atoms. The highest BCUT2D eigenvalue weighted by atomic mass is 32.2. The molecule has 0 unspecified atom stereocenters. The molecule has 2 N–H and O–H groups in total. The molecule has 1 aromatic rings. The zero-order chi connectivity index (χ0) is 10.6. The van der Waals surface area contributed by atoms with Gasteiger partial charge in [0.2, 0.25) is 10.0 Å². The molecule has 6 nitrogen and oxygen atoms in total. The van der Waals surface area contributed by atoms with Crippen molar-refractivity contribution in [2.45, 2.75) is 13.5 Å². The van der Waals surface area contributed by atoms with Crippen molar-refractivity contribution in [3.63, 3.8) is 0 Å². The van der Waals surface area contributed by atoms with E-state index in [2.05, 4.69) is 9.88 Å². The number of aliphatic hydroxyl groups is 1. The third kappa shape index (κ3) is 3.44. The highest BCUT2D eigenvalue weighted by molar-refractivity contribution is 7.89. The predicted molar refractivity (Wildman–Crippen MR) is 49.0 cm³/mol. The molecule has 0 amide bonds.